The Bertz CT molecular complexity index is 635. The third kappa shape index (κ3) is 1.71. The van der Waals surface area contributed by atoms with Gasteiger partial charge in [0.25, 0.3) is 0 Å². The van der Waals surface area contributed by atoms with E-state index in [4.69, 9.17) is 5.84 Å². The predicted octanol–water partition coefficient (Wildman–Crippen LogP) is 0.608. The zero-order chi connectivity index (χ0) is 12.6. The van der Waals surface area contributed by atoms with Crippen molar-refractivity contribution in [2.45, 2.75) is 19.9 Å². The number of hydrazone groups is 1. The Morgan fingerprint density at radius 2 is 2.24 bits per heavy atom. The normalized spacial score (nSPS) is 12.0. The monoisotopic (exact) mass is 233 g/mol. The first-order valence-corrected chi connectivity index (χ1v) is 5.36. The van der Waals surface area contributed by atoms with Gasteiger partial charge in [-0.25, -0.2) is 9.78 Å². The van der Waals surface area contributed by atoms with Crippen LogP contribution in [0.3, 0.4) is 0 Å². The molecule has 0 saturated heterocycles. The number of hydrogen-bond acceptors (Lipinski definition) is 4. The van der Waals surface area contributed by atoms with Crippen LogP contribution in [0, 0.1) is 0 Å². The van der Waals surface area contributed by atoms with Crippen molar-refractivity contribution in [3.8, 4) is 0 Å². The first-order chi connectivity index (χ1) is 8.06. The topological polar surface area (TPSA) is 78.2 Å². The molecule has 2 aromatic rings. The molecule has 0 aliphatic carbocycles. The Hall–Kier alpha value is -2.11. The van der Waals surface area contributed by atoms with E-state index >= 15 is 0 Å². The maximum atomic E-state index is 12.0. The van der Waals surface area contributed by atoms with Crippen molar-refractivity contribution in [3.63, 3.8) is 0 Å². The molecule has 0 spiro atoms. The zero-order valence-corrected chi connectivity index (χ0v) is 10.1. The quantitative estimate of drug-likeness (QED) is 0.469. The first kappa shape index (κ1) is 11.4. The molecule has 17 heavy (non-hydrogen) atoms. The lowest BCUT2D eigenvalue weighted by Gasteiger charge is -2.05. The zero-order valence-electron chi connectivity index (χ0n) is 10.1. The number of hydrogen-bond donors (Lipinski definition) is 1. The molecule has 0 amide bonds. The van der Waals surface area contributed by atoms with Gasteiger partial charge >= 0.3 is 5.69 Å². The summed E-state index contributed by atoms with van der Waals surface area (Å²) in [4.78, 5) is 16.3. The van der Waals surface area contributed by atoms with E-state index < -0.39 is 0 Å². The van der Waals surface area contributed by atoms with Crippen LogP contribution < -0.4 is 11.5 Å². The summed E-state index contributed by atoms with van der Waals surface area (Å²) in [6, 6.07) is 1.92. The van der Waals surface area contributed by atoms with E-state index in [1.165, 1.54) is 6.21 Å². The molecular weight excluding hydrogens is 218 g/mol. The van der Waals surface area contributed by atoms with Crippen molar-refractivity contribution in [2.75, 3.05) is 0 Å². The van der Waals surface area contributed by atoms with Crippen LogP contribution in [0.5, 0.6) is 0 Å². The Morgan fingerprint density at radius 1 is 1.53 bits per heavy atom. The summed E-state index contributed by atoms with van der Waals surface area (Å²) in [5.74, 6) is 5.09. The third-order valence-corrected chi connectivity index (χ3v) is 2.69. The predicted molar refractivity (Wildman–Crippen MR) is 67.1 cm³/mol. The SMILES string of the molecule is CC(C)n1c(=O)n(C)c2cc(C=NN)cnc21. The fourth-order valence-electron chi connectivity index (χ4n) is 1.87. The van der Waals surface area contributed by atoms with E-state index in [0.29, 0.717) is 5.65 Å². The van der Waals surface area contributed by atoms with E-state index in [1.807, 2.05) is 19.9 Å². The third-order valence-electron chi connectivity index (χ3n) is 2.69. The van der Waals surface area contributed by atoms with Crippen molar-refractivity contribution in [1.29, 1.82) is 0 Å². The Balaban J connectivity index is 2.81. The first-order valence-electron chi connectivity index (χ1n) is 5.36. The summed E-state index contributed by atoms with van der Waals surface area (Å²) in [6.45, 7) is 3.91. The molecule has 2 N–H and O–H groups in total. The molecule has 0 saturated carbocycles. The van der Waals surface area contributed by atoms with E-state index in [-0.39, 0.29) is 11.7 Å². The number of rotatable bonds is 2. The summed E-state index contributed by atoms with van der Waals surface area (Å²) >= 11 is 0. The van der Waals surface area contributed by atoms with Gasteiger partial charge in [-0.05, 0) is 19.9 Å². The van der Waals surface area contributed by atoms with Crippen LogP contribution in [0.1, 0.15) is 25.5 Å². The van der Waals surface area contributed by atoms with E-state index in [1.54, 1.807) is 22.4 Å². The van der Waals surface area contributed by atoms with Crippen LogP contribution in [-0.2, 0) is 7.05 Å². The van der Waals surface area contributed by atoms with Crippen molar-refractivity contribution in [3.05, 3.63) is 28.3 Å². The van der Waals surface area contributed by atoms with E-state index in [9.17, 15) is 4.79 Å². The highest BCUT2D eigenvalue weighted by atomic mass is 16.1. The van der Waals surface area contributed by atoms with Crippen LogP contribution in [0.2, 0.25) is 0 Å². The summed E-state index contributed by atoms with van der Waals surface area (Å²) < 4.78 is 3.24. The highest BCUT2D eigenvalue weighted by Gasteiger charge is 2.14. The molecule has 6 nitrogen and oxygen atoms in total. The van der Waals surface area contributed by atoms with Gasteiger partial charge in [0, 0.05) is 24.8 Å². The van der Waals surface area contributed by atoms with Crippen molar-refractivity contribution < 1.29 is 0 Å². The standard InChI is InChI=1S/C11H15N5O/c1-7(2)16-10-9(15(3)11(16)17)4-8(5-13-10)6-14-12/h4-7H,12H2,1-3H3. The van der Waals surface area contributed by atoms with Crippen molar-refractivity contribution >= 4 is 17.4 Å². The van der Waals surface area contributed by atoms with Gasteiger partial charge in [-0.1, -0.05) is 0 Å². The molecular formula is C11H15N5O. The van der Waals surface area contributed by atoms with Gasteiger partial charge in [0.15, 0.2) is 5.65 Å². The highest BCUT2D eigenvalue weighted by Crippen LogP contribution is 2.14. The molecule has 2 heterocycles. The van der Waals surface area contributed by atoms with Crippen molar-refractivity contribution in [2.24, 2.45) is 18.0 Å². The number of fused-ring (bicyclic) bond motifs is 1. The molecule has 0 aromatic carbocycles. The van der Waals surface area contributed by atoms with Crippen LogP contribution in [0.4, 0.5) is 0 Å². The number of pyridine rings is 1. The van der Waals surface area contributed by atoms with Gasteiger partial charge in [-0.15, -0.1) is 0 Å². The molecule has 0 aliphatic rings. The molecule has 2 aromatic heterocycles. The fourth-order valence-corrected chi connectivity index (χ4v) is 1.87. The second-order valence-corrected chi connectivity index (χ2v) is 4.19. The van der Waals surface area contributed by atoms with Gasteiger partial charge < -0.3 is 5.84 Å². The van der Waals surface area contributed by atoms with Gasteiger partial charge in [0.2, 0.25) is 0 Å². The molecule has 0 radical (unpaired) electrons. The number of nitrogens with two attached hydrogens (primary N) is 1. The number of aryl methyl sites for hydroxylation is 1. The van der Waals surface area contributed by atoms with Gasteiger partial charge in [-0.3, -0.25) is 9.13 Å². The minimum Gasteiger partial charge on any atom is -0.323 e. The molecule has 0 fully saturated rings. The lowest BCUT2D eigenvalue weighted by atomic mass is 10.3. The Morgan fingerprint density at radius 3 is 2.82 bits per heavy atom. The second kappa shape index (κ2) is 4.04. The maximum Gasteiger partial charge on any atom is 0.330 e. The summed E-state index contributed by atoms with van der Waals surface area (Å²) in [5.41, 5.74) is 2.17. The van der Waals surface area contributed by atoms with Gasteiger partial charge in [-0.2, -0.15) is 5.10 Å². The molecule has 2 rings (SSSR count). The minimum atomic E-state index is -0.0654. The minimum absolute atomic E-state index is 0.0654. The lowest BCUT2D eigenvalue weighted by molar-refractivity contribution is 0.579. The molecule has 0 bridgehead atoms. The summed E-state index contributed by atoms with van der Waals surface area (Å²) in [6.07, 6.45) is 3.15. The number of nitrogens with zero attached hydrogens (tertiary/aromatic N) is 4. The number of imidazole rings is 1. The van der Waals surface area contributed by atoms with E-state index in [2.05, 4.69) is 10.1 Å². The second-order valence-electron chi connectivity index (χ2n) is 4.19. The summed E-state index contributed by atoms with van der Waals surface area (Å²) in [5, 5.41) is 3.45. The van der Waals surface area contributed by atoms with Gasteiger partial charge in [0.1, 0.15) is 0 Å². The highest BCUT2D eigenvalue weighted by molar-refractivity contribution is 5.85. The Labute approximate surface area is 98.4 Å². The molecule has 0 aliphatic heterocycles. The smallest absolute Gasteiger partial charge is 0.323 e. The summed E-state index contributed by atoms with van der Waals surface area (Å²) in [7, 11) is 1.73. The molecule has 0 unspecified atom stereocenters. The largest absolute Gasteiger partial charge is 0.330 e. The van der Waals surface area contributed by atoms with Crippen molar-refractivity contribution in [1.82, 2.24) is 14.1 Å². The van der Waals surface area contributed by atoms with Crippen LogP contribution in [0.25, 0.3) is 11.2 Å². The van der Waals surface area contributed by atoms with Crippen LogP contribution in [0.15, 0.2) is 22.2 Å². The van der Waals surface area contributed by atoms with E-state index in [0.717, 1.165) is 11.1 Å². The molecule has 90 valence electrons. The molecule has 0 atom stereocenters. The lowest BCUT2D eigenvalue weighted by Crippen LogP contribution is -2.23. The number of aromatic nitrogens is 3. The fraction of sp³-hybridized carbons (Fsp3) is 0.364. The van der Waals surface area contributed by atoms with Crippen LogP contribution in [-0.4, -0.2) is 20.3 Å². The average Bonchev–Trinajstić information content (AvgIpc) is 2.53. The average molecular weight is 233 g/mol. The van der Waals surface area contributed by atoms with Crippen LogP contribution >= 0.6 is 0 Å². The maximum absolute atomic E-state index is 12.0. The van der Waals surface area contributed by atoms with Gasteiger partial charge in [0.05, 0.1) is 11.7 Å². The molecule has 6 heteroatoms. The Kier molecular flexibility index (Phi) is 2.71.